The highest BCUT2D eigenvalue weighted by Crippen LogP contribution is 2.23. The number of H-pyrrole nitrogens is 1. The number of benzene rings is 3. The summed E-state index contributed by atoms with van der Waals surface area (Å²) in [5.74, 6) is -0.422. The molecular formula is C27H21N3O3. The lowest BCUT2D eigenvalue weighted by Crippen LogP contribution is -2.18. The molecule has 6 nitrogen and oxygen atoms in total. The summed E-state index contributed by atoms with van der Waals surface area (Å²) in [6.45, 7) is 0. The van der Waals surface area contributed by atoms with Gasteiger partial charge in [0.1, 0.15) is 5.69 Å². The van der Waals surface area contributed by atoms with Crippen molar-refractivity contribution in [2.45, 2.75) is 12.8 Å². The van der Waals surface area contributed by atoms with Crippen molar-refractivity contribution in [1.82, 2.24) is 14.5 Å². The number of aromatic carboxylic acids is 1. The summed E-state index contributed by atoms with van der Waals surface area (Å²) >= 11 is 0. The van der Waals surface area contributed by atoms with Crippen LogP contribution in [0.5, 0.6) is 0 Å². The maximum Gasteiger partial charge on any atom is 0.335 e. The van der Waals surface area contributed by atoms with E-state index in [1.165, 1.54) is 6.07 Å². The maximum absolute atomic E-state index is 13.3. The molecule has 0 fully saturated rings. The molecule has 0 saturated carbocycles. The summed E-state index contributed by atoms with van der Waals surface area (Å²) in [6.07, 6.45) is 2.63. The van der Waals surface area contributed by atoms with E-state index in [4.69, 9.17) is 0 Å². The molecule has 2 N–H and O–H groups in total. The second-order valence-corrected chi connectivity index (χ2v) is 7.91. The van der Waals surface area contributed by atoms with Crippen LogP contribution in [-0.4, -0.2) is 25.6 Å². The molecule has 0 radical (unpaired) electrons. The fourth-order valence-corrected chi connectivity index (χ4v) is 3.99. The van der Waals surface area contributed by atoms with Crippen molar-refractivity contribution < 1.29 is 9.90 Å². The largest absolute Gasteiger partial charge is 0.478 e. The van der Waals surface area contributed by atoms with Crippen molar-refractivity contribution in [3.05, 3.63) is 130 Å². The van der Waals surface area contributed by atoms with Gasteiger partial charge in [0.05, 0.1) is 17.0 Å². The first-order valence-corrected chi connectivity index (χ1v) is 10.6. The topological polar surface area (TPSA) is 88.0 Å². The van der Waals surface area contributed by atoms with Crippen molar-refractivity contribution in [2.75, 3.05) is 0 Å². The smallest absolute Gasteiger partial charge is 0.335 e. The van der Waals surface area contributed by atoms with Crippen LogP contribution in [0.25, 0.3) is 17.1 Å². The first-order valence-electron chi connectivity index (χ1n) is 10.6. The molecule has 0 spiro atoms. The van der Waals surface area contributed by atoms with Gasteiger partial charge in [-0.05, 0) is 28.8 Å². The van der Waals surface area contributed by atoms with Gasteiger partial charge in [-0.2, -0.15) is 0 Å². The number of carboxylic acid groups (broad SMARTS) is 1. The number of carbonyl (C=O) groups is 1. The summed E-state index contributed by atoms with van der Waals surface area (Å²) in [5, 5.41) is 9.27. The molecule has 6 heteroatoms. The standard InChI is InChI=1S/C27H21N3O3/c31-26-23(16-19-10-7-13-21(14-19)27(32)33)29-25-22(15-18-8-3-1-4-9-18)28-24(17-30(25)26)20-11-5-2-6-12-20/h1-14,17,28H,15-16H2,(H,32,33). The first-order chi connectivity index (χ1) is 16.1. The fourth-order valence-electron chi connectivity index (χ4n) is 3.99. The van der Waals surface area contributed by atoms with Gasteiger partial charge >= 0.3 is 5.97 Å². The van der Waals surface area contributed by atoms with Gasteiger partial charge in [-0.15, -0.1) is 0 Å². The highest BCUT2D eigenvalue weighted by Gasteiger charge is 2.20. The summed E-state index contributed by atoms with van der Waals surface area (Å²) in [5.41, 5.74) is 4.83. The van der Waals surface area contributed by atoms with Crippen LogP contribution in [0.1, 0.15) is 32.9 Å². The molecule has 2 aliphatic rings. The van der Waals surface area contributed by atoms with Crippen molar-refractivity contribution >= 4 is 5.97 Å². The summed E-state index contributed by atoms with van der Waals surface area (Å²) < 4.78 is 1.59. The number of nitrogens with one attached hydrogen (secondary N) is 1. The van der Waals surface area contributed by atoms with E-state index < -0.39 is 5.97 Å². The van der Waals surface area contributed by atoms with Crippen LogP contribution >= 0.6 is 0 Å². The van der Waals surface area contributed by atoms with Crippen LogP contribution in [0.4, 0.5) is 0 Å². The average molecular weight is 435 g/mol. The van der Waals surface area contributed by atoms with E-state index in [2.05, 4.69) is 9.97 Å². The van der Waals surface area contributed by atoms with Crippen LogP contribution in [-0.2, 0) is 12.8 Å². The lowest BCUT2D eigenvalue weighted by Gasteiger charge is -2.13. The average Bonchev–Trinajstić information content (AvgIpc) is 3.16. The molecule has 33 heavy (non-hydrogen) atoms. The Bertz CT molecular complexity index is 1450. The zero-order chi connectivity index (χ0) is 22.8. The van der Waals surface area contributed by atoms with E-state index in [1.54, 1.807) is 22.9 Å². The van der Waals surface area contributed by atoms with Crippen molar-refractivity contribution in [2.24, 2.45) is 0 Å². The Morgan fingerprint density at radius 1 is 0.879 bits per heavy atom. The normalized spacial score (nSPS) is 11.0. The molecule has 0 aromatic heterocycles. The summed E-state index contributed by atoms with van der Waals surface area (Å²) in [6, 6.07) is 26.5. The van der Waals surface area contributed by atoms with Gasteiger partial charge in [-0.1, -0.05) is 72.8 Å². The maximum atomic E-state index is 13.3. The number of aromatic amines is 1. The van der Waals surface area contributed by atoms with Crippen LogP contribution in [0.15, 0.2) is 95.9 Å². The van der Waals surface area contributed by atoms with Crippen LogP contribution < -0.4 is 5.56 Å². The van der Waals surface area contributed by atoms with Crippen molar-refractivity contribution in [3.63, 3.8) is 0 Å². The monoisotopic (exact) mass is 435 g/mol. The molecule has 2 aliphatic heterocycles. The van der Waals surface area contributed by atoms with Gasteiger partial charge in [0.2, 0.25) is 0 Å². The van der Waals surface area contributed by atoms with E-state index in [-0.39, 0.29) is 17.5 Å². The first kappa shape index (κ1) is 20.5. The minimum Gasteiger partial charge on any atom is -0.478 e. The SMILES string of the molecule is O=C(O)c1cccc(Cc2nc3c(Cc4ccccc4)[nH]c(-c4ccccc4)cn-3c2=O)c1. The zero-order valence-electron chi connectivity index (χ0n) is 17.7. The third-order valence-corrected chi connectivity index (χ3v) is 5.60. The molecule has 0 atom stereocenters. The zero-order valence-corrected chi connectivity index (χ0v) is 17.7. The molecule has 162 valence electrons. The van der Waals surface area contributed by atoms with Gasteiger partial charge in [-0.3, -0.25) is 9.36 Å². The number of aromatic nitrogens is 3. The second kappa shape index (κ2) is 8.59. The van der Waals surface area contributed by atoms with Crippen LogP contribution in [0.2, 0.25) is 0 Å². The molecule has 5 rings (SSSR count). The third-order valence-electron chi connectivity index (χ3n) is 5.60. The van der Waals surface area contributed by atoms with Gasteiger partial charge < -0.3 is 10.1 Å². The number of hydrogen-bond acceptors (Lipinski definition) is 3. The molecule has 3 aromatic carbocycles. The number of carboxylic acids is 1. The minimum atomic E-state index is -0.999. The summed E-state index contributed by atoms with van der Waals surface area (Å²) in [7, 11) is 0. The van der Waals surface area contributed by atoms with Gasteiger partial charge in [0.15, 0.2) is 5.82 Å². The predicted octanol–water partition coefficient (Wildman–Crippen LogP) is 4.55. The highest BCUT2D eigenvalue weighted by atomic mass is 16.4. The van der Waals surface area contributed by atoms with Crippen molar-refractivity contribution in [3.8, 4) is 17.1 Å². The Labute approximate surface area is 190 Å². The molecule has 0 bridgehead atoms. The lowest BCUT2D eigenvalue weighted by molar-refractivity contribution is 0.0696. The molecule has 0 saturated heterocycles. The van der Waals surface area contributed by atoms with Gasteiger partial charge in [0.25, 0.3) is 5.56 Å². The van der Waals surface area contributed by atoms with E-state index in [1.807, 2.05) is 66.7 Å². The Morgan fingerprint density at radius 3 is 2.30 bits per heavy atom. The predicted molar refractivity (Wildman–Crippen MR) is 126 cm³/mol. The molecule has 0 aliphatic carbocycles. The molecular weight excluding hydrogens is 414 g/mol. The van der Waals surface area contributed by atoms with E-state index in [9.17, 15) is 14.7 Å². The van der Waals surface area contributed by atoms with Crippen LogP contribution in [0, 0.1) is 0 Å². The molecule has 0 amide bonds. The van der Waals surface area contributed by atoms with Crippen LogP contribution in [0.3, 0.4) is 0 Å². The van der Waals surface area contributed by atoms with Crippen molar-refractivity contribution in [1.29, 1.82) is 0 Å². The van der Waals surface area contributed by atoms with Gasteiger partial charge in [0, 0.05) is 19.0 Å². The Hall–Kier alpha value is -4.45. The number of rotatable bonds is 6. The number of nitrogens with zero attached hydrogens (tertiary/aromatic N) is 2. The number of fused-ring (bicyclic) bond motifs is 1. The fraction of sp³-hybridized carbons (Fsp3) is 0.0741. The minimum absolute atomic E-state index is 0.188. The lowest BCUT2D eigenvalue weighted by atomic mass is 10.1. The Balaban J connectivity index is 1.62. The highest BCUT2D eigenvalue weighted by molar-refractivity contribution is 5.87. The Morgan fingerprint density at radius 2 is 1.58 bits per heavy atom. The number of imidazole rings is 1. The second-order valence-electron chi connectivity index (χ2n) is 7.91. The Kier molecular flexibility index (Phi) is 5.32. The van der Waals surface area contributed by atoms with E-state index in [0.717, 1.165) is 28.1 Å². The molecule has 3 aromatic rings. The third kappa shape index (κ3) is 4.19. The van der Waals surface area contributed by atoms with E-state index >= 15 is 0 Å². The molecule has 0 unspecified atom stereocenters. The number of hydrogen-bond donors (Lipinski definition) is 2. The van der Waals surface area contributed by atoms with Gasteiger partial charge in [-0.25, -0.2) is 9.78 Å². The molecule has 2 heterocycles. The quantitative estimate of drug-likeness (QED) is 0.410. The summed E-state index contributed by atoms with van der Waals surface area (Å²) in [4.78, 5) is 32.8. The van der Waals surface area contributed by atoms with E-state index in [0.29, 0.717) is 17.9 Å².